The van der Waals surface area contributed by atoms with Crippen molar-refractivity contribution in [3.05, 3.63) is 127 Å². The molecule has 0 atom stereocenters. The summed E-state index contributed by atoms with van der Waals surface area (Å²) in [6, 6.07) is 23.4. The molecule has 176 valence electrons. The highest BCUT2D eigenvalue weighted by Gasteiger charge is 2.09. The van der Waals surface area contributed by atoms with Crippen LogP contribution in [0.2, 0.25) is 0 Å². The summed E-state index contributed by atoms with van der Waals surface area (Å²) in [5.41, 5.74) is 17.0. The van der Waals surface area contributed by atoms with Crippen LogP contribution in [-0.4, -0.2) is 6.67 Å². The Labute approximate surface area is 212 Å². The zero-order valence-electron chi connectivity index (χ0n) is 19.8. The average Bonchev–Trinajstić information content (AvgIpc) is 3.26. The fourth-order valence-electron chi connectivity index (χ4n) is 3.75. The second-order valence-corrected chi connectivity index (χ2v) is 8.66. The molecule has 5 N–H and O–H groups in total. The molecule has 0 saturated carbocycles. The fourth-order valence-corrected chi connectivity index (χ4v) is 4.78. The van der Waals surface area contributed by atoms with Crippen LogP contribution in [0.1, 0.15) is 16.0 Å². The Kier molecular flexibility index (Phi) is 9.16. The minimum absolute atomic E-state index is 0.250. The Morgan fingerprint density at radius 2 is 1.40 bits per heavy atom. The number of nitrogens with two attached hydrogens (primary N) is 2. The minimum Gasteiger partial charge on any atom is -0.356 e. The molecule has 0 saturated heterocycles. The van der Waals surface area contributed by atoms with E-state index in [1.807, 2.05) is 24.3 Å². The van der Waals surface area contributed by atoms with Crippen molar-refractivity contribution >= 4 is 50.5 Å². The van der Waals surface area contributed by atoms with Crippen molar-refractivity contribution in [2.45, 2.75) is 0 Å². The number of fused-ring (bicyclic) bond motifs is 1. The Bertz CT molecular complexity index is 1360. The molecule has 4 heteroatoms. The van der Waals surface area contributed by atoms with E-state index in [-0.39, 0.29) is 6.67 Å². The van der Waals surface area contributed by atoms with Crippen molar-refractivity contribution in [3.8, 4) is 11.1 Å². The van der Waals surface area contributed by atoms with Gasteiger partial charge in [-0.3, -0.25) is 0 Å². The lowest BCUT2D eigenvalue weighted by Gasteiger charge is -2.09. The van der Waals surface area contributed by atoms with Crippen molar-refractivity contribution in [1.82, 2.24) is 0 Å². The maximum atomic E-state index is 4.62. The number of thiophene rings is 1. The monoisotopic (exact) mass is 477 g/mol. The molecule has 0 aliphatic rings. The standard InChI is InChI=1S/C30H25NS.CH6N2/c1-5-9-21(6-2)22-10-15-25(16-11-22)31-26-17-12-23(13-18-26)24-14-19-30-28(20-24)27(7-3)29(8-4)32-30;2-1-3/h5-20,31H,1-4H2;1-3H2/b21-9+;. The van der Waals surface area contributed by atoms with Gasteiger partial charge in [0.05, 0.1) is 0 Å². The van der Waals surface area contributed by atoms with E-state index >= 15 is 0 Å². The zero-order chi connectivity index (χ0) is 25.2. The number of hydrogen-bond donors (Lipinski definition) is 3. The molecule has 0 amide bonds. The first-order valence-corrected chi connectivity index (χ1v) is 12.0. The predicted octanol–water partition coefficient (Wildman–Crippen LogP) is 8.21. The van der Waals surface area contributed by atoms with Gasteiger partial charge in [-0.2, -0.15) is 0 Å². The lowest BCUT2D eigenvalue weighted by atomic mass is 10.0. The van der Waals surface area contributed by atoms with E-state index in [1.54, 1.807) is 17.4 Å². The quantitative estimate of drug-likeness (QED) is 0.177. The van der Waals surface area contributed by atoms with Crippen LogP contribution in [0.5, 0.6) is 0 Å². The lowest BCUT2D eigenvalue weighted by molar-refractivity contribution is 1.07. The first-order valence-electron chi connectivity index (χ1n) is 11.2. The maximum Gasteiger partial charge on any atom is 0.0403 e. The van der Waals surface area contributed by atoms with E-state index in [0.29, 0.717) is 0 Å². The highest BCUT2D eigenvalue weighted by molar-refractivity contribution is 7.20. The highest BCUT2D eigenvalue weighted by atomic mass is 32.1. The van der Waals surface area contributed by atoms with Crippen molar-refractivity contribution < 1.29 is 0 Å². The highest BCUT2D eigenvalue weighted by Crippen LogP contribution is 2.36. The minimum atomic E-state index is 0.250. The number of hydrogen-bond acceptors (Lipinski definition) is 4. The van der Waals surface area contributed by atoms with E-state index in [9.17, 15) is 0 Å². The first kappa shape index (κ1) is 25.7. The summed E-state index contributed by atoms with van der Waals surface area (Å²) < 4.78 is 1.25. The molecule has 3 nitrogen and oxygen atoms in total. The Balaban J connectivity index is 0.00000108. The third-order valence-corrected chi connectivity index (χ3v) is 6.57. The summed E-state index contributed by atoms with van der Waals surface area (Å²) in [7, 11) is 0. The van der Waals surface area contributed by atoms with Crippen LogP contribution < -0.4 is 16.8 Å². The van der Waals surface area contributed by atoms with Crippen LogP contribution in [0.4, 0.5) is 11.4 Å². The summed E-state index contributed by atoms with van der Waals surface area (Å²) >= 11 is 1.75. The first-order chi connectivity index (χ1) is 17.1. The Hall–Kier alpha value is -3.96. The van der Waals surface area contributed by atoms with E-state index in [4.69, 9.17) is 0 Å². The van der Waals surface area contributed by atoms with Gasteiger partial charge in [-0.1, -0.05) is 87.0 Å². The van der Waals surface area contributed by atoms with Gasteiger partial charge in [0.25, 0.3) is 0 Å². The molecule has 0 unspecified atom stereocenters. The van der Waals surface area contributed by atoms with Crippen molar-refractivity contribution in [1.29, 1.82) is 0 Å². The van der Waals surface area contributed by atoms with Crippen LogP contribution in [0.25, 0.3) is 38.9 Å². The van der Waals surface area contributed by atoms with Crippen molar-refractivity contribution in [2.24, 2.45) is 11.5 Å². The molecule has 0 fully saturated rings. The van der Waals surface area contributed by atoms with Crippen LogP contribution in [0, 0.1) is 0 Å². The second-order valence-electron chi connectivity index (χ2n) is 7.58. The number of allylic oxidation sites excluding steroid dienone is 4. The number of rotatable bonds is 8. The largest absolute Gasteiger partial charge is 0.356 e. The Morgan fingerprint density at radius 3 is 1.94 bits per heavy atom. The van der Waals surface area contributed by atoms with Crippen LogP contribution in [0.15, 0.2) is 111 Å². The molecule has 4 rings (SSSR count). The third-order valence-electron chi connectivity index (χ3n) is 5.39. The topological polar surface area (TPSA) is 64.1 Å². The second kappa shape index (κ2) is 12.5. The molecule has 1 heterocycles. The summed E-state index contributed by atoms with van der Waals surface area (Å²) in [4.78, 5) is 1.16. The van der Waals surface area contributed by atoms with Gasteiger partial charge >= 0.3 is 0 Å². The van der Waals surface area contributed by atoms with Gasteiger partial charge in [0, 0.05) is 33.0 Å². The van der Waals surface area contributed by atoms with E-state index in [1.165, 1.54) is 21.2 Å². The number of benzene rings is 3. The zero-order valence-corrected chi connectivity index (χ0v) is 20.7. The van der Waals surface area contributed by atoms with E-state index in [2.05, 4.69) is 110 Å². The summed E-state index contributed by atoms with van der Waals surface area (Å²) in [5.74, 6) is 0. The van der Waals surface area contributed by atoms with Crippen LogP contribution in [0.3, 0.4) is 0 Å². The number of nitrogens with one attached hydrogen (secondary N) is 1. The van der Waals surface area contributed by atoms with Gasteiger partial charge in [-0.15, -0.1) is 11.3 Å². The van der Waals surface area contributed by atoms with Crippen LogP contribution >= 0.6 is 11.3 Å². The average molecular weight is 478 g/mol. The molecule has 3 aromatic carbocycles. The molecule has 0 aliphatic carbocycles. The molecular weight excluding hydrogens is 446 g/mol. The summed E-state index contributed by atoms with van der Waals surface area (Å²) in [6.07, 6.45) is 9.40. The third kappa shape index (κ3) is 6.14. The van der Waals surface area contributed by atoms with E-state index in [0.717, 1.165) is 33.0 Å². The lowest BCUT2D eigenvalue weighted by Crippen LogP contribution is -2.08. The van der Waals surface area contributed by atoms with Crippen molar-refractivity contribution in [3.63, 3.8) is 0 Å². The van der Waals surface area contributed by atoms with Gasteiger partial charge in [0.2, 0.25) is 0 Å². The van der Waals surface area contributed by atoms with Gasteiger partial charge in [-0.25, -0.2) is 0 Å². The van der Waals surface area contributed by atoms with Crippen molar-refractivity contribution in [2.75, 3.05) is 12.0 Å². The SMILES string of the molecule is C=C/C=C(\C=C)c1ccc(Nc2ccc(-c3ccc4sc(C=C)c(C=C)c4c3)cc2)cc1.NCN. The molecule has 0 spiro atoms. The molecule has 35 heavy (non-hydrogen) atoms. The smallest absolute Gasteiger partial charge is 0.0403 e. The Morgan fingerprint density at radius 1 is 0.800 bits per heavy atom. The number of anilines is 2. The van der Waals surface area contributed by atoms with Crippen LogP contribution in [-0.2, 0) is 0 Å². The molecule has 0 bridgehead atoms. The molecular formula is C31H31N3S. The fraction of sp³-hybridized carbons (Fsp3) is 0.0323. The van der Waals surface area contributed by atoms with Gasteiger partial charge < -0.3 is 16.8 Å². The molecule has 4 aromatic rings. The van der Waals surface area contributed by atoms with Gasteiger partial charge in [0.15, 0.2) is 0 Å². The summed E-state index contributed by atoms with van der Waals surface area (Å²) in [5, 5.41) is 4.70. The normalized spacial score (nSPS) is 10.7. The van der Waals surface area contributed by atoms with Gasteiger partial charge in [0.1, 0.15) is 0 Å². The summed E-state index contributed by atoms with van der Waals surface area (Å²) in [6.45, 7) is 15.8. The van der Waals surface area contributed by atoms with E-state index < -0.39 is 0 Å². The maximum absolute atomic E-state index is 4.62. The molecule has 0 radical (unpaired) electrons. The van der Waals surface area contributed by atoms with Gasteiger partial charge in [-0.05, 0) is 64.2 Å². The molecule has 0 aliphatic heterocycles. The molecule has 1 aromatic heterocycles. The predicted molar refractivity (Wildman–Crippen MR) is 159 cm³/mol.